The highest BCUT2D eigenvalue weighted by Gasteiger charge is 2.49. The Labute approximate surface area is 98.9 Å². The van der Waals surface area contributed by atoms with Gasteiger partial charge in [-0.2, -0.15) is 0 Å². The summed E-state index contributed by atoms with van der Waals surface area (Å²) in [5.74, 6) is 0.448. The van der Waals surface area contributed by atoms with Crippen molar-refractivity contribution >= 4 is 5.97 Å². The Morgan fingerprint density at radius 2 is 2.00 bits per heavy atom. The average Bonchev–Trinajstić information content (AvgIpc) is 2.51. The Morgan fingerprint density at radius 3 is 2.38 bits per heavy atom. The minimum atomic E-state index is -0.442. The third-order valence-electron chi connectivity index (χ3n) is 3.43. The van der Waals surface area contributed by atoms with Gasteiger partial charge in [0.1, 0.15) is 5.54 Å². The van der Waals surface area contributed by atoms with Crippen LogP contribution in [0.1, 0.15) is 47.0 Å². The quantitative estimate of drug-likeness (QED) is 0.749. The summed E-state index contributed by atoms with van der Waals surface area (Å²) in [4.78, 5) is 12.0. The first-order chi connectivity index (χ1) is 7.31. The maximum atomic E-state index is 12.0. The molecule has 0 amide bonds. The monoisotopic (exact) mass is 227 g/mol. The van der Waals surface area contributed by atoms with Crippen molar-refractivity contribution in [1.29, 1.82) is 0 Å². The zero-order chi connectivity index (χ0) is 12.4. The van der Waals surface area contributed by atoms with Crippen LogP contribution in [0.3, 0.4) is 0 Å². The van der Waals surface area contributed by atoms with Crippen molar-refractivity contribution in [1.82, 2.24) is 5.32 Å². The van der Waals surface area contributed by atoms with Crippen LogP contribution in [0.25, 0.3) is 0 Å². The molecule has 0 bridgehead atoms. The summed E-state index contributed by atoms with van der Waals surface area (Å²) in [6, 6.07) is 0. The fourth-order valence-electron chi connectivity index (χ4n) is 2.54. The topological polar surface area (TPSA) is 38.3 Å². The van der Waals surface area contributed by atoms with E-state index in [1.807, 2.05) is 0 Å². The molecule has 1 saturated carbocycles. The number of hydrogen-bond donors (Lipinski definition) is 1. The van der Waals surface area contributed by atoms with Gasteiger partial charge in [-0.3, -0.25) is 4.79 Å². The molecule has 3 heteroatoms. The molecule has 0 radical (unpaired) electrons. The molecule has 94 valence electrons. The van der Waals surface area contributed by atoms with E-state index in [1.165, 1.54) is 7.11 Å². The second kappa shape index (κ2) is 4.74. The fraction of sp³-hybridized carbons (Fsp3) is 0.923. The van der Waals surface area contributed by atoms with Gasteiger partial charge in [-0.05, 0) is 37.1 Å². The van der Waals surface area contributed by atoms with Gasteiger partial charge in [0.25, 0.3) is 0 Å². The molecule has 0 heterocycles. The Bertz CT molecular complexity index is 261. The fourth-order valence-corrected chi connectivity index (χ4v) is 2.54. The van der Waals surface area contributed by atoms with Crippen molar-refractivity contribution in [3.8, 4) is 0 Å². The summed E-state index contributed by atoms with van der Waals surface area (Å²) < 4.78 is 4.96. The van der Waals surface area contributed by atoms with Gasteiger partial charge in [0.15, 0.2) is 0 Å². The number of carbonyl (C=O) groups excluding carboxylic acids is 1. The molecule has 1 aliphatic carbocycles. The van der Waals surface area contributed by atoms with E-state index in [-0.39, 0.29) is 11.4 Å². The Kier molecular flexibility index (Phi) is 4.00. The van der Waals surface area contributed by atoms with E-state index < -0.39 is 5.54 Å². The maximum Gasteiger partial charge on any atom is 0.326 e. The van der Waals surface area contributed by atoms with Gasteiger partial charge in [0.2, 0.25) is 0 Å². The van der Waals surface area contributed by atoms with Crippen LogP contribution in [0, 0.1) is 11.3 Å². The second-order valence-electron chi connectivity index (χ2n) is 6.19. The average molecular weight is 227 g/mol. The van der Waals surface area contributed by atoms with Crippen LogP contribution < -0.4 is 5.32 Å². The number of rotatable bonds is 4. The molecule has 3 nitrogen and oxygen atoms in total. The summed E-state index contributed by atoms with van der Waals surface area (Å²) in [7, 11) is 1.48. The molecule has 1 rings (SSSR count). The lowest BCUT2D eigenvalue weighted by Crippen LogP contribution is -2.52. The lowest BCUT2D eigenvalue weighted by atomic mass is 9.87. The highest BCUT2D eigenvalue weighted by atomic mass is 16.5. The van der Waals surface area contributed by atoms with Crippen LogP contribution in [0.5, 0.6) is 0 Å². The Morgan fingerprint density at radius 1 is 1.38 bits per heavy atom. The number of methoxy groups -OCH3 is 1. The lowest BCUT2D eigenvalue weighted by molar-refractivity contribution is -0.148. The number of nitrogens with one attached hydrogen (secondary N) is 1. The highest BCUT2D eigenvalue weighted by Crippen LogP contribution is 2.44. The molecule has 1 unspecified atom stereocenters. The van der Waals surface area contributed by atoms with Crippen molar-refractivity contribution in [3.63, 3.8) is 0 Å². The van der Waals surface area contributed by atoms with Gasteiger partial charge in [-0.15, -0.1) is 0 Å². The van der Waals surface area contributed by atoms with Crippen LogP contribution in [0.2, 0.25) is 0 Å². The van der Waals surface area contributed by atoms with Crippen LogP contribution in [-0.2, 0) is 9.53 Å². The third-order valence-corrected chi connectivity index (χ3v) is 3.43. The van der Waals surface area contributed by atoms with Crippen molar-refractivity contribution in [2.75, 3.05) is 13.7 Å². The zero-order valence-corrected chi connectivity index (χ0v) is 11.2. The number of carbonyl (C=O) groups is 1. The molecule has 0 aromatic rings. The molecule has 1 N–H and O–H groups in total. The van der Waals surface area contributed by atoms with E-state index in [9.17, 15) is 4.79 Å². The van der Waals surface area contributed by atoms with E-state index in [0.717, 1.165) is 25.8 Å². The van der Waals surface area contributed by atoms with Gasteiger partial charge in [0, 0.05) is 0 Å². The standard InChI is InChI=1S/C13H25NO2/c1-10(2)8-14-13(11(15)16-5)7-6-12(3,4)9-13/h10,14H,6-9H2,1-5H3. The van der Waals surface area contributed by atoms with Crippen LogP contribution >= 0.6 is 0 Å². The van der Waals surface area contributed by atoms with E-state index in [0.29, 0.717) is 5.92 Å². The smallest absolute Gasteiger partial charge is 0.326 e. The minimum Gasteiger partial charge on any atom is -0.468 e. The number of esters is 1. The molecule has 0 aromatic carbocycles. The van der Waals surface area contributed by atoms with E-state index >= 15 is 0 Å². The molecule has 0 spiro atoms. The Balaban J connectivity index is 2.75. The summed E-state index contributed by atoms with van der Waals surface area (Å²) >= 11 is 0. The normalized spacial score (nSPS) is 28.4. The van der Waals surface area contributed by atoms with Crippen molar-refractivity contribution in [3.05, 3.63) is 0 Å². The Hall–Kier alpha value is -0.570. The lowest BCUT2D eigenvalue weighted by Gasteiger charge is -2.30. The number of hydrogen-bond acceptors (Lipinski definition) is 3. The van der Waals surface area contributed by atoms with Crippen molar-refractivity contribution in [2.24, 2.45) is 11.3 Å². The largest absolute Gasteiger partial charge is 0.468 e. The predicted octanol–water partition coefficient (Wildman–Crippen LogP) is 2.35. The molecule has 0 saturated heterocycles. The molecule has 1 atom stereocenters. The molecule has 16 heavy (non-hydrogen) atoms. The predicted molar refractivity (Wildman–Crippen MR) is 65.2 cm³/mol. The van der Waals surface area contributed by atoms with Crippen LogP contribution in [0.15, 0.2) is 0 Å². The first-order valence-electron chi connectivity index (χ1n) is 6.15. The van der Waals surface area contributed by atoms with Crippen molar-refractivity contribution in [2.45, 2.75) is 52.5 Å². The van der Waals surface area contributed by atoms with Gasteiger partial charge in [-0.1, -0.05) is 27.7 Å². The third kappa shape index (κ3) is 2.97. The van der Waals surface area contributed by atoms with Gasteiger partial charge in [0.05, 0.1) is 7.11 Å². The summed E-state index contributed by atoms with van der Waals surface area (Å²) in [6.07, 6.45) is 2.84. The van der Waals surface area contributed by atoms with Gasteiger partial charge < -0.3 is 10.1 Å². The second-order valence-corrected chi connectivity index (χ2v) is 6.19. The first-order valence-corrected chi connectivity index (χ1v) is 6.15. The van der Waals surface area contributed by atoms with E-state index in [2.05, 4.69) is 33.0 Å². The highest BCUT2D eigenvalue weighted by molar-refractivity contribution is 5.81. The van der Waals surface area contributed by atoms with Crippen molar-refractivity contribution < 1.29 is 9.53 Å². The summed E-state index contributed by atoms with van der Waals surface area (Å²) in [5.41, 5.74) is -0.208. The maximum absolute atomic E-state index is 12.0. The molecule has 1 fully saturated rings. The van der Waals surface area contributed by atoms with E-state index in [1.54, 1.807) is 0 Å². The minimum absolute atomic E-state index is 0.0984. The van der Waals surface area contributed by atoms with E-state index in [4.69, 9.17) is 4.74 Å². The van der Waals surface area contributed by atoms with Gasteiger partial charge >= 0.3 is 5.97 Å². The number of ether oxygens (including phenoxy) is 1. The molecule has 0 aliphatic heterocycles. The first kappa shape index (κ1) is 13.5. The van der Waals surface area contributed by atoms with Crippen LogP contribution in [-0.4, -0.2) is 25.2 Å². The molecular formula is C13H25NO2. The molecule has 1 aliphatic rings. The van der Waals surface area contributed by atoms with Gasteiger partial charge in [-0.25, -0.2) is 0 Å². The summed E-state index contributed by atoms with van der Waals surface area (Å²) in [5, 5.41) is 3.43. The zero-order valence-electron chi connectivity index (χ0n) is 11.2. The molecule has 0 aromatic heterocycles. The van der Waals surface area contributed by atoms with Crippen LogP contribution in [0.4, 0.5) is 0 Å². The SMILES string of the molecule is COC(=O)C1(NCC(C)C)CCC(C)(C)C1. The molecular weight excluding hydrogens is 202 g/mol. The summed E-state index contributed by atoms with van der Waals surface area (Å²) in [6.45, 7) is 9.60.